The Kier molecular flexibility index (Phi) is 7.49. The Bertz CT molecular complexity index is 992. The van der Waals surface area contributed by atoms with Crippen LogP contribution in [0.2, 0.25) is 0 Å². The van der Waals surface area contributed by atoms with Gasteiger partial charge >= 0.3 is 12.1 Å². The minimum absolute atomic E-state index is 0.126. The van der Waals surface area contributed by atoms with E-state index < -0.39 is 40.1 Å². The molecule has 168 valence electrons. The number of carboxylic acids is 1. The summed E-state index contributed by atoms with van der Waals surface area (Å²) >= 11 is 0.701. The summed E-state index contributed by atoms with van der Waals surface area (Å²) < 4.78 is 19.6. The van der Waals surface area contributed by atoms with Crippen molar-refractivity contribution in [3.8, 4) is 5.69 Å². The van der Waals surface area contributed by atoms with E-state index in [-0.39, 0.29) is 16.3 Å². The number of rotatable bonds is 8. The number of nitro benzene ring substituents is 1. The maximum absolute atomic E-state index is 14.6. The molecule has 1 aromatic heterocycles. The summed E-state index contributed by atoms with van der Waals surface area (Å²) in [5, 5.41) is 34.3. The smallest absolute Gasteiger partial charge is 0.408 e. The van der Waals surface area contributed by atoms with E-state index in [1.807, 2.05) is 0 Å². The van der Waals surface area contributed by atoms with Gasteiger partial charge in [0.2, 0.25) is 0 Å². The Labute approximate surface area is 180 Å². The number of hydrogen-bond donors (Lipinski definition) is 2. The second kappa shape index (κ2) is 9.68. The molecule has 0 spiro atoms. The van der Waals surface area contributed by atoms with Crippen molar-refractivity contribution >= 4 is 29.5 Å². The van der Waals surface area contributed by atoms with Crippen LogP contribution in [0.3, 0.4) is 0 Å². The number of benzene rings is 1. The highest BCUT2D eigenvalue weighted by Crippen LogP contribution is 2.33. The number of nitro groups is 1. The van der Waals surface area contributed by atoms with Crippen LogP contribution in [-0.4, -0.2) is 59.7 Å². The van der Waals surface area contributed by atoms with Crippen molar-refractivity contribution in [1.82, 2.24) is 25.5 Å². The number of nitrogens with one attached hydrogen (secondary N) is 1. The third-order valence-electron chi connectivity index (χ3n) is 3.61. The quantitative estimate of drug-likeness (QED) is 0.342. The van der Waals surface area contributed by atoms with Crippen LogP contribution in [0.5, 0.6) is 0 Å². The van der Waals surface area contributed by atoms with E-state index in [9.17, 15) is 29.2 Å². The lowest BCUT2D eigenvalue weighted by atomic mass is 10.2. The number of halogens is 1. The number of carbonyl (C=O) groups excluding carboxylic acids is 1. The molecule has 14 heteroatoms. The topological polar surface area (TPSA) is 162 Å². The van der Waals surface area contributed by atoms with E-state index in [1.54, 1.807) is 27.7 Å². The number of tetrazole rings is 1. The molecule has 1 atom stereocenters. The van der Waals surface area contributed by atoms with Crippen LogP contribution in [0.15, 0.2) is 17.0 Å². The lowest BCUT2D eigenvalue weighted by Gasteiger charge is -2.21. The number of nitrogens with zero attached hydrogens (tertiary/aromatic N) is 5. The van der Waals surface area contributed by atoms with Gasteiger partial charge in [0.05, 0.1) is 9.82 Å². The normalized spacial score (nSPS) is 12.3. The molecular weight excluding hydrogens is 435 g/mol. The molecule has 2 N–H and O–H groups in total. The lowest BCUT2D eigenvalue weighted by molar-refractivity contribution is -0.387. The van der Waals surface area contributed by atoms with Gasteiger partial charge in [-0.1, -0.05) is 6.92 Å². The molecule has 0 aliphatic carbocycles. The third-order valence-corrected chi connectivity index (χ3v) is 4.74. The summed E-state index contributed by atoms with van der Waals surface area (Å²) in [5.74, 6) is -2.22. The molecule has 12 nitrogen and oxygen atoms in total. The summed E-state index contributed by atoms with van der Waals surface area (Å²) in [6.07, 6.45) is -0.515. The number of ether oxygens (including phenoxy) is 1. The van der Waals surface area contributed by atoms with E-state index in [1.165, 1.54) is 0 Å². The van der Waals surface area contributed by atoms with Crippen LogP contribution < -0.4 is 5.32 Å². The number of hydrogen-bond acceptors (Lipinski definition) is 9. The number of alkyl carbamates (subject to hydrolysis) is 1. The predicted molar refractivity (Wildman–Crippen MR) is 107 cm³/mol. The Morgan fingerprint density at radius 1 is 1.42 bits per heavy atom. The summed E-state index contributed by atoms with van der Waals surface area (Å²) in [6.45, 7) is 6.60. The van der Waals surface area contributed by atoms with Crippen molar-refractivity contribution in [3.05, 3.63) is 33.9 Å². The SMILES string of the molecule is CCc1nnn(-c2cc([N+](=O)[O-])c(SC[C@H](NC(=O)OC(C)(C)C)C(=O)O)cc2F)n1. The first-order valence-corrected chi connectivity index (χ1v) is 10.0. The summed E-state index contributed by atoms with van der Waals surface area (Å²) in [4.78, 5) is 34.8. The highest BCUT2D eigenvalue weighted by atomic mass is 32.2. The van der Waals surface area contributed by atoms with E-state index in [2.05, 4.69) is 20.7 Å². The highest BCUT2D eigenvalue weighted by Gasteiger charge is 2.27. The van der Waals surface area contributed by atoms with Gasteiger partial charge in [0, 0.05) is 18.2 Å². The molecule has 1 heterocycles. The Morgan fingerprint density at radius 3 is 2.61 bits per heavy atom. The Hall–Kier alpha value is -3.29. The van der Waals surface area contributed by atoms with Crippen molar-refractivity contribution in [2.75, 3.05) is 5.75 Å². The fourth-order valence-corrected chi connectivity index (χ4v) is 3.27. The third kappa shape index (κ3) is 6.60. The van der Waals surface area contributed by atoms with E-state index in [0.717, 1.165) is 16.9 Å². The standard InChI is InChI=1S/C17H21FN6O6S/c1-5-14-20-22-23(21-14)11-7-12(24(28)29)13(6-9(11)18)31-8-10(15(25)26)19-16(27)30-17(2,3)4/h6-7,10H,5,8H2,1-4H3,(H,19,27)(H,25,26)/t10-/m0/s1. The van der Waals surface area contributed by atoms with Gasteiger partial charge in [-0.2, -0.15) is 0 Å². The van der Waals surface area contributed by atoms with Crippen molar-refractivity contribution in [3.63, 3.8) is 0 Å². The monoisotopic (exact) mass is 456 g/mol. The number of carbonyl (C=O) groups is 2. The van der Waals surface area contributed by atoms with Gasteiger partial charge in [0.1, 0.15) is 17.3 Å². The zero-order chi connectivity index (χ0) is 23.3. The molecule has 2 rings (SSSR count). The van der Waals surface area contributed by atoms with Crippen molar-refractivity contribution in [2.24, 2.45) is 0 Å². The first-order valence-electron chi connectivity index (χ1n) is 9.03. The van der Waals surface area contributed by atoms with Crippen molar-refractivity contribution < 1.29 is 28.7 Å². The molecule has 2 aromatic rings. The molecule has 0 radical (unpaired) electrons. The fraction of sp³-hybridized carbons (Fsp3) is 0.471. The van der Waals surface area contributed by atoms with Gasteiger partial charge < -0.3 is 15.2 Å². The molecular formula is C17H21FN6O6S. The number of carboxylic acid groups (broad SMARTS) is 1. The summed E-state index contributed by atoms with van der Waals surface area (Å²) in [6, 6.07) is 0.404. The van der Waals surface area contributed by atoms with E-state index in [0.29, 0.717) is 24.0 Å². The number of aryl methyl sites for hydroxylation is 1. The lowest BCUT2D eigenvalue weighted by Crippen LogP contribution is -2.44. The molecule has 1 amide bonds. The van der Waals surface area contributed by atoms with Gasteiger partial charge in [-0.15, -0.1) is 26.8 Å². The van der Waals surface area contributed by atoms with Crippen LogP contribution in [0.4, 0.5) is 14.9 Å². The number of aromatic nitrogens is 4. The molecule has 0 aliphatic heterocycles. The minimum Gasteiger partial charge on any atom is -0.480 e. The highest BCUT2D eigenvalue weighted by molar-refractivity contribution is 7.99. The molecule has 0 aliphatic rings. The average Bonchev–Trinajstić information content (AvgIpc) is 3.12. The van der Waals surface area contributed by atoms with Gasteiger partial charge in [-0.3, -0.25) is 10.1 Å². The number of thioether (sulfide) groups is 1. The van der Waals surface area contributed by atoms with Crippen LogP contribution >= 0.6 is 11.8 Å². The fourth-order valence-electron chi connectivity index (χ4n) is 2.23. The maximum atomic E-state index is 14.6. The van der Waals surface area contributed by atoms with E-state index in [4.69, 9.17) is 4.74 Å². The summed E-state index contributed by atoms with van der Waals surface area (Å²) in [7, 11) is 0. The first kappa shape index (κ1) is 24.0. The van der Waals surface area contributed by atoms with Crippen molar-refractivity contribution in [2.45, 2.75) is 50.7 Å². The molecule has 0 fully saturated rings. The maximum Gasteiger partial charge on any atom is 0.408 e. The molecule has 0 bridgehead atoms. The second-order valence-corrected chi connectivity index (χ2v) is 8.29. The molecule has 0 unspecified atom stereocenters. The zero-order valence-corrected chi connectivity index (χ0v) is 18.0. The van der Waals surface area contributed by atoms with Crippen LogP contribution in [0.25, 0.3) is 5.69 Å². The van der Waals surface area contributed by atoms with Gasteiger partial charge in [0.15, 0.2) is 11.6 Å². The number of amides is 1. The largest absolute Gasteiger partial charge is 0.480 e. The molecule has 0 saturated heterocycles. The Morgan fingerprint density at radius 2 is 2.10 bits per heavy atom. The molecule has 0 saturated carbocycles. The Balaban J connectivity index is 2.24. The van der Waals surface area contributed by atoms with E-state index >= 15 is 0 Å². The number of aliphatic carboxylic acids is 1. The van der Waals surface area contributed by atoms with Gasteiger partial charge in [-0.05, 0) is 32.1 Å². The summed E-state index contributed by atoms with van der Waals surface area (Å²) in [5.41, 5.74) is -1.59. The molecule has 1 aromatic carbocycles. The van der Waals surface area contributed by atoms with Crippen LogP contribution in [0, 0.1) is 15.9 Å². The average molecular weight is 456 g/mol. The first-order chi connectivity index (χ1) is 14.4. The predicted octanol–water partition coefficient (Wildman–Crippen LogP) is 2.34. The van der Waals surface area contributed by atoms with Crippen molar-refractivity contribution in [1.29, 1.82) is 0 Å². The zero-order valence-electron chi connectivity index (χ0n) is 17.2. The van der Waals surface area contributed by atoms with Gasteiger partial charge in [0.25, 0.3) is 5.69 Å². The van der Waals surface area contributed by atoms with Crippen LogP contribution in [0.1, 0.15) is 33.5 Å². The van der Waals surface area contributed by atoms with Crippen LogP contribution in [-0.2, 0) is 16.0 Å². The van der Waals surface area contributed by atoms with Gasteiger partial charge in [-0.25, -0.2) is 14.0 Å². The minimum atomic E-state index is -1.42. The second-order valence-electron chi connectivity index (χ2n) is 7.23. The molecule has 31 heavy (non-hydrogen) atoms.